The molecule has 4 rings (SSSR count). The predicted octanol–water partition coefficient (Wildman–Crippen LogP) is 3.44. The molecule has 1 aliphatic rings. The van der Waals surface area contributed by atoms with Gasteiger partial charge in [0.05, 0.1) is 17.7 Å². The number of hydrogen-bond acceptors (Lipinski definition) is 6. The number of nitrogens with one attached hydrogen (secondary N) is 2. The summed E-state index contributed by atoms with van der Waals surface area (Å²) in [6.45, 7) is 6.71. The van der Waals surface area contributed by atoms with Gasteiger partial charge in [0.2, 0.25) is 0 Å². The fraction of sp³-hybridized carbons (Fsp3) is 0.296. The summed E-state index contributed by atoms with van der Waals surface area (Å²) in [5, 5.41) is 26.0. The summed E-state index contributed by atoms with van der Waals surface area (Å²) >= 11 is 0. The average molecular weight is 457 g/mol. The number of aryl methyl sites for hydroxylation is 2. The molecule has 0 aliphatic carbocycles. The van der Waals surface area contributed by atoms with Crippen molar-refractivity contribution < 1.29 is 14.6 Å². The lowest BCUT2D eigenvalue weighted by molar-refractivity contribution is 0.0736. The van der Waals surface area contributed by atoms with E-state index in [1.807, 2.05) is 51.1 Å². The highest BCUT2D eigenvalue weighted by atomic mass is 16.5. The Balaban J connectivity index is 1.68. The molecule has 3 atom stereocenters. The maximum atomic E-state index is 13.2. The van der Waals surface area contributed by atoms with Gasteiger partial charge in [0, 0.05) is 30.5 Å². The van der Waals surface area contributed by atoms with Crippen LogP contribution in [0.1, 0.15) is 45.7 Å². The molecule has 0 radical (unpaired) electrons. The largest absolute Gasteiger partial charge is 0.486 e. The number of aliphatic hydroxyl groups is 1. The molecule has 3 aromatic rings. The molecule has 1 amide bonds. The summed E-state index contributed by atoms with van der Waals surface area (Å²) in [7, 11) is 0. The lowest BCUT2D eigenvalue weighted by Gasteiger charge is -2.19. The maximum absolute atomic E-state index is 13.2. The number of nitriles is 1. The van der Waals surface area contributed by atoms with Crippen molar-refractivity contribution in [2.24, 2.45) is 0 Å². The molecular formula is C27H28N4O3. The second-order valence-corrected chi connectivity index (χ2v) is 8.72. The summed E-state index contributed by atoms with van der Waals surface area (Å²) in [5.74, 6) is 0.194. The van der Waals surface area contributed by atoms with Gasteiger partial charge in [-0.25, -0.2) is 0 Å². The third kappa shape index (κ3) is 5.25. The molecule has 34 heavy (non-hydrogen) atoms. The molecule has 1 aromatic heterocycles. The average Bonchev–Trinajstić information content (AvgIpc) is 3.23. The molecule has 7 nitrogen and oxygen atoms in total. The first-order valence-electron chi connectivity index (χ1n) is 11.3. The van der Waals surface area contributed by atoms with Gasteiger partial charge in [-0.3, -0.25) is 9.78 Å². The lowest BCUT2D eigenvalue weighted by Crippen LogP contribution is -2.30. The SMILES string of the molecule is Cc1ccc(-c2cc(OC3CNCC3O)cc(C(=O)N[C@H](C)c3ccc(C)nc3)c2)c(C#N)c1. The number of pyridine rings is 1. The van der Waals surface area contributed by atoms with E-state index in [1.54, 1.807) is 24.4 Å². The van der Waals surface area contributed by atoms with E-state index in [4.69, 9.17) is 4.74 Å². The third-order valence-electron chi connectivity index (χ3n) is 5.97. The van der Waals surface area contributed by atoms with Gasteiger partial charge < -0.3 is 20.5 Å². The zero-order chi connectivity index (χ0) is 24.2. The molecule has 0 saturated carbocycles. The zero-order valence-electron chi connectivity index (χ0n) is 19.5. The first kappa shape index (κ1) is 23.4. The van der Waals surface area contributed by atoms with Gasteiger partial charge in [0.15, 0.2) is 0 Å². The van der Waals surface area contributed by atoms with E-state index in [9.17, 15) is 15.2 Å². The molecule has 0 bridgehead atoms. The minimum Gasteiger partial charge on any atom is -0.486 e. The number of nitrogens with zero attached hydrogens (tertiary/aromatic N) is 2. The van der Waals surface area contributed by atoms with Crippen LogP contribution in [0.3, 0.4) is 0 Å². The molecular weight excluding hydrogens is 428 g/mol. The van der Waals surface area contributed by atoms with Crippen LogP contribution in [-0.4, -0.2) is 41.3 Å². The minimum absolute atomic E-state index is 0.247. The first-order chi connectivity index (χ1) is 16.3. The van der Waals surface area contributed by atoms with Crippen LogP contribution in [0.15, 0.2) is 54.7 Å². The summed E-state index contributed by atoms with van der Waals surface area (Å²) in [4.78, 5) is 17.5. The Kier molecular flexibility index (Phi) is 6.92. The number of ether oxygens (including phenoxy) is 1. The lowest BCUT2D eigenvalue weighted by atomic mass is 9.96. The van der Waals surface area contributed by atoms with Crippen LogP contribution < -0.4 is 15.4 Å². The molecule has 1 aliphatic heterocycles. The molecule has 7 heteroatoms. The maximum Gasteiger partial charge on any atom is 0.251 e. The molecule has 2 aromatic carbocycles. The number of carbonyl (C=O) groups is 1. The van der Waals surface area contributed by atoms with Crippen LogP contribution in [0, 0.1) is 25.2 Å². The van der Waals surface area contributed by atoms with Crippen LogP contribution in [0.25, 0.3) is 11.1 Å². The van der Waals surface area contributed by atoms with Crippen molar-refractivity contribution in [2.45, 2.75) is 39.0 Å². The van der Waals surface area contributed by atoms with E-state index >= 15 is 0 Å². The highest BCUT2D eigenvalue weighted by Gasteiger charge is 2.27. The molecule has 174 valence electrons. The van der Waals surface area contributed by atoms with Gasteiger partial charge in [0.25, 0.3) is 5.91 Å². The smallest absolute Gasteiger partial charge is 0.251 e. The normalized spacial score (nSPS) is 18.2. The van der Waals surface area contributed by atoms with E-state index in [-0.39, 0.29) is 11.9 Å². The summed E-state index contributed by atoms with van der Waals surface area (Å²) < 4.78 is 6.06. The molecule has 2 unspecified atom stereocenters. The van der Waals surface area contributed by atoms with E-state index < -0.39 is 12.2 Å². The Labute approximate surface area is 199 Å². The second kappa shape index (κ2) is 10.0. The Morgan fingerprint density at radius 2 is 2.03 bits per heavy atom. The first-order valence-corrected chi connectivity index (χ1v) is 11.3. The predicted molar refractivity (Wildman–Crippen MR) is 129 cm³/mol. The van der Waals surface area contributed by atoms with E-state index in [1.165, 1.54) is 0 Å². The number of aliphatic hydroxyl groups excluding tert-OH is 1. The summed E-state index contributed by atoms with van der Waals surface area (Å²) in [6, 6.07) is 16.7. The molecule has 1 saturated heterocycles. The van der Waals surface area contributed by atoms with Crippen LogP contribution in [-0.2, 0) is 0 Å². The monoisotopic (exact) mass is 456 g/mol. The van der Waals surface area contributed by atoms with Crippen molar-refractivity contribution in [3.05, 3.63) is 82.7 Å². The Hall–Kier alpha value is -3.73. The van der Waals surface area contributed by atoms with Crippen LogP contribution in [0.5, 0.6) is 5.75 Å². The molecule has 1 fully saturated rings. The van der Waals surface area contributed by atoms with Gasteiger partial charge in [-0.05, 0) is 73.4 Å². The summed E-state index contributed by atoms with van der Waals surface area (Å²) in [5.41, 5.74) is 5.13. The highest BCUT2D eigenvalue weighted by Crippen LogP contribution is 2.30. The number of benzene rings is 2. The van der Waals surface area contributed by atoms with Crippen LogP contribution >= 0.6 is 0 Å². The number of amides is 1. The quantitative estimate of drug-likeness (QED) is 0.525. The fourth-order valence-corrected chi connectivity index (χ4v) is 3.99. The van der Waals surface area contributed by atoms with Gasteiger partial charge in [-0.2, -0.15) is 5.26 Å². The van der Waals surface area contributed by atoms with Crippen molar-refractivity contribution in [1.29, 1.82) is 5.26 Å². The zero-order valence-corrected chi connectivity index (χ0v) is 19.5. The molecule has 0 spiro atoms. The van der Waals surface area contributed by atoms with E-state index in [0.717, 1.165) is 16.8 Å². The Morgan fingerprint density at radius 1 is 1.21 bits per heavy atom. The molecule has 3 N–H and O–H groups in total. The standard InChI is InChI=1S/C27H28N4O3/c1-16-4-7-24(22(8-16)12-28)20-9-21(11-23(10-20)34-26-15-29-14-25(26)32)27(33)31-18(3)19-6-5-17(2)30-13-19/h4-11,13,18,25-26,29,32H,14-15H2,1-3H3,(H,31,33)/t18-,25?,26?/m1/s1. The molecule has 2 heterocycles. The van der Waals surface area contributed by atoms with E-state index in [2.05, 4.69) is 21.7 Å². The van der Waals surface area contributed by atoms with E-state index in [0.29, 0.717) is 41.1 Å². The van der Waals surface area contributed by atoms with Gasteiger partial charge in [-0.1, -0.05) is 18.2 Å². The Bertz CT molecular complexity index is 1230. The topological polar surface area (TPSA) is 107 Å². The van der Waals surface area contributed by atoms with Crippen LogP contribution in [0.2, 0.25) is 0 Å². The number of carbonyl (C=O) groups excluding carboxylic acids is 1. The van der Waals surface area contributed by atoms with Crippen molar-refractivity contribution in [1.82, 2.24) is 15.6 Å². The van der Waals surface area contributed by atoms with Crippen molar-refractivity contribution in [2.75, 3.05) is 13.1 Å². The number of β-amino-alcohol motifs (C(OH)–C–C–N with tert-alkyl or cyclic N) is 1. The third-order valence-corrected chi connectivity index (χ3v) is 5.97. The minimum atomic E-state index is -0.635. The fourth-order valence-electron chi connectivity index (χ4n) is 3.99. The number of hydrogen-bond donors (Lipinski definition) is 3. The van der Waals surface area contributed by atoms with Gasteiger partial charge >= 0.3 is 0 Å². The van der Waals surface area contributed by atoms with Crippen molar-refractivity contribution in [3.8, 4) is 22.9 Å². The highest BCUT2D eigenvalue weighted by molar-refractivity contribution is 5.96. The second-order valence-electron chi connectivity index (χ2n) is 8.72. The van der Waals surface area contributed by atoms with Crippen molar-refractivity contribution >= 4 is 5.91 Å². The van der Waals surface area contributed by atoms with Crippen LogP contribution in [0.4, 0.5) is 0 Å². The summed E-state index contributed by atoms with van der Waals surface area (Å²) in [6.07, 6.45) is 0.701. The Morgan fingerprint density at radius 3 is 2.71 bits per heavy atom. The van der Waals surface area contributed by atoms with Gasteiger partial charge in [0.1, 0.15) is 18.0 Å². The van der Waals surface area contributed by atoms with Crippen molar-refractivity contribution in [3.63, 3.8) is 0 Å². The number of aromatic nitrogens is 1. The van der Waals surface area contributed by atoms with Gasteiger partial charge in [-0.15, -0.1) is 0 Å². The number of rotatable bonds is 6.